The highest BCUT2D eigenvalue weighted by molar-refractivity contribution is 5.98. The summed E-state index contributed by atoms with van der Waals surface area (Å²) in [5.74, 6) is -0.929. The van der Waals surface area contributed by atoms with E-state index >= 15 is 0 Å². The van der Waals surface area contributed by atoms with Crippen LogP contribution in [-0.4, -0.2) is 23.5 Å². The van der Waals surface area contributed by atoms with Crippen LogP contribution >= 0.6 is 0 Å². The third-order valence-corrected chi connectivity index (χ3v) is 3.66. The lowest BCUT2D eigenvalue weighted by Gasteiger charge is -2.32. The van der Waals surface area contributed by atoms with Crippen molar-refractivity contribution in [1.82, 2.24) is 0 Å². The molecule has 0 bridgehead atoms. The highest BCUT2D eigenvalue weighted by atomic mass is 16.4. The highest BCUT2D eigenvalue weighted by Crippen LogP contribution is 2.28. The maximum atomic E-state index is 12.7. The molecule has 1 rings (SSSR count). The zero-order valence-electron chi connectivity index (χ0n) is 12.6. The number of anilines is 1. The van der Waals surface area contributed by atoms with Crippen molar-refractivity contribution in [3.63, 3.8) is 0 Å². The summed E-state index contributed by atoms with van der Waals surface area (Å²) in [6.45, 7) is 7.87. The van der Waals surface area contributed by atoms with Crippen molar-refractivity contribution in [3.8, 4) is 0 Å². The Kier molecular flexibility index (Phi) is 5.31. The molecule has 0 atom stereocenters. The standard InChI is InChI=1S/C16H23NO3/c1-5-16(3,4)15(20)17(11-10-14(18)19)13-9-7-6-8-12(13)2/h6-9H,5,10-11H2,1-4H3,(H,18,19). The molecule has 0 aliphatic heterocycles. The number of amides is 1. The number of rotatable bonds is 6. The second-order valence-corrected chi connectivity index (χ2v) is 5.62. The second-order valence-electron chi connectivity index (χ2n) is 5.62. The van der Waals surface area contributed by atoms with Gasteiger partial charge in [-0.05, 0) is 25.0 Å². The molecule has 0 saturated heterocycles. The molecule has 0 heterocycles. The fourth-order valence-corrected chi connectivity index (χ4v) is 1.92. The summed E-state index contributed by atoms with van der Waals surface area (Å²) in [5.41, 5.74) is 1.26. The normalized spacial score (nSPS) is 11.2. The van der Waals surface area contributed by atoms with Gasteiger partial charge in [0.05, 0.1) is 6.42 Å². The minimum atomic E-state index is -0.898. The van der Waals surface area contributed by atoms with Crippen LogP contribution in [0.25, 0.3) is 0 Å². The van der Waals surface area contributed by atoms with Gasteiger partial charge in [-0.15, -0.1) is 0 Å². The molecule has 0 aliphatic rings. The number of carboxylic acids is 1. The number of carbonyl (C=O) groups is 2. The van der Waals surface area contributed by atoms with E-state index in [0.717, 1.165) is 11.3 Å². The number of hydrogen-bond acceptors (Lipinski definition) is 2. The first-order chi connectivity index (χ1) is 9.29. The van der Waals surface area contributed by atoms with Gasteiger partial charge in [0.2, 0.25) is 5.91 Å². The van der Waals surface area contributed by atoms with Crippen LogP contribution in [0.4, 0.5) is 5.69 Å². The minimum Gasteiger partial charge on any atom is -0.481 e. The van der Waals surface area contributed by atoms with E-state index in [4.69, 9.17) is 5.11 Å². The molecule has 1 aromatic carbocycles. The number of carboxylic acid groups (broad SMARTS) is 1. The van der Waals surface area contributed by atoms with Crippen molar-refractivity contribution in [2.75, 3.05) is 11.4 Å². The van der Waals surface area contributed by atoms with E-state index in [1.54, 1.807) is 4.90 Å². The molecule has 0 radical (unpaired) electrons. The molecular weight excluding hydrogens is 254 g/mol. The van der Waals surface area contributed by atoms with Gasteiger partial charge in [0.25, 0.3) is 0 Å². The Labute approximate surface area is 120 Å². The summed E-state index contributed by atoms with van der Waals surface area (Å²) >= 11 is 0. The fraction of sp³-hybridized carbons (Fsp3) is 0.500. The Bertz CT molecular complexity index is 494. The van der Waals surface area contributed by atoms with Crippen molar-refractivity contribution in [2.24, 2.45) is 5.41 Å². The number of aryl methyl sites for hydroxylation is 1. The van der Waals surface area contributed by atoms with E-state index in [0.29, 0.717) is 6.42 Å². The molecule has 4 heteroatoms. The number of para-hydroxylation sites is 1. The van der Waals surface area contributed by atoms with Crippen molar-refractivity contribution in [1.29, 1.82) is 0 Å². The van der Waals surface area contributed by atoms with Crippen LogP contribution in [-0.2, 0) is 9.59 Å². The molecule has 4 nitrogen and oxygen atoms in total. The molecule has 0 fully saturated rings. The lowest BCUT2D eigenvalue weighted by atomic mass is 9.88. The van der Waals surface area contributed by atoms with Crippen LogP contribution in [0, 0.1) is 12.3 Å². The van der Waals surface area contributed by atoms with Gasteiger partial charge in [0, 0.05) is 17.6 Å². The van der Waals surface area contributed by atoms with Gasteiger partial charge in [-0.2, -0.15) is 0 Å². The van der Waals surface area contributed by atoms with Crippen molar-refractivity contribution >= 4 is 17.6 Å². The van der Waals surface area contributed by atoms with Crippen molar-refractivity contribution in [3.05, 3.63) is 29.8 Å². The molecule has 0 unspecified atom stereocenters. The first kappa shape index (κ1) is 16.2. The van der Waals surface area contributed by atoms with Gasteiger partial charge in [0.15, 0.2) is 0 Å². The maximum Gasteiger partial charge on any atom is 0.305 e. The number of aliphatic carboxylic acids is 1. The Morgan fingerprint density at radius 3 is 2.35 bits per heavy atom. The van der Waals surface area contributed by atoms with Gasteiger partial charge >= 0.3 is 5.97 Å². The quantitative estimate of drug-likeness (QED) is 0.868. The smallest absolute Gasteiger partial charge is 0.305 e. The molecule has 0 spiro atoms. The van der Waals surface area contributed by atoms with E-state index in [1.165, 1.54) is 0 Å². The summed E-state index contributed by atoms with van der Waals surface area (Å²) < 4.78 is 0. The fourth-order valence-electron chi connectivity index (χ4n) is 1.92. The van der Waals surface area contributed by atoms with Crippen LogP contribution < -0.4 is 4.90 Å². The monoisotopic (exact) mass is 277 g/mol. The second kappa shape index (κ2) is 6.55. The van der Waals surface area contributed by atoms with E-state index < -0.39 is 11.4 Å². The Balaban J connectivity index is 3.12. The molecule has 0 aromatic heterocycles. The minimum absolute atomic E-state index is 0.0319. The Morgan fingerprint density at radius 1 is 1.25 bits per heavy atom. The molecular formula is C16H23NO3. The molecule has 0 aliphatic carbocycles. The Hall–Kier alpha value is -1.84. The van der Waals surface area contributed by atoms with E-state index in [-0.39, 0.29) is 18.9 Å². The van der Waals surface area contributed by atoms with Crippen LogP contribution in [0.15, 0.2) is 24.3 Å². The zero-order chi connectivity index (χ0) is 15.3. The molecule has 1 aromatic rings. The van der Waals surface area contributed by atoms with Gasteiger partial charge in [-0.25, -0.2) is 0 Å². The van der Waals surface area contributed by atoms with Gasteiger partial charge in [-0.1, -0.05) is 39.0 Å². The SMILES string of the molecule is CCC(C)(C)C(=O)N(CCC(=O)O)c1ccccc1C. The summed E-state index contributed by atoms with van der Waals surface area (Å²) in [4.78, 5) is 25.1. The average molecular weight is 277 g/mol. The summed E-state index contributed by atoms with van der Waals surface area (Å²) in [7, 11) is 0. The predicted molar refractivity (Wildman–Crippen MR) is 79.9 cm³/mol. The molecule has 20 heavy (non-hydrogen) atoms. The number of benzene rings is 1. The van der Waals surface area contributed by atoms with Gasteiger partial charge < -0.3 is 10.0 Å². The number of nitrogens with zero attached hydrogens (tertiary/aromatic N) is 1. The van der Waals surface area contributed by atoms with Crippen LogP contribution in [0.1, 0.15) is 39.2 Å². The lowest BCUT2D eigenvalue weighted by Crippen LogP contribution is -2.42. The molecule has 0 saturated carbocycles. The number of carbonyl (C=O) groups excluding carboxylic acids is 1. The van der Waals surface area contributed by atoms with Crippen molar-refractivity contribution in [2.45, 2.75) is 40.5 Å². The van der Waals surface area contributed by atoms with Crippen LogP contribution in [0.3, 0.4) is 0 Å². The Morgan fingerprint density at radius 2 is 1.85 bits per heavy atom. The molecule has 110 valence electrons. The largest absolute Gasteiger partial charge is 0.481 e. The molecule has 1 N–H and O–H groups in total. The summed E-state index contributed by atoms with van der Waals surface area (Å²) in [6.07, 6.45) is 0.654. The van der Waals surface area contributed by atoms with E-state index in [9.17, 15) is 9.59 Å². The molecule has 1 amide bonds. The third-order valence-electron chi connectivity index (χ3n) is 3.66. The van der Waals surface area contributed by atoms with Gasteiger partial charge in [-0.3, -0.25) is 9.59 Å². The van der Waals surface area contributed by atoms with Crippen molar-refractivity contribution < 1.29 is 14.7 Å². The summed E-state index contributed by atoms with van der Waals surface area (Å²) in [6, 6.07) is 7.56. The first-order valence-corrected chi connectivity index (χ1v) is 6.89. The van der Waals surface area contributed by atoms with E-state index in [1.807, 2.05) is 52.0 Å². The maximum absolute atomic E-state index is 12.7. The lowest BCUT2D eigenvalue weighted by molar-refractivity contribution is -0.136. The number of hydrogen-bond donors (Lipinski definition) is 1. The predicted octanol–water partition coefficient (Wildman–Crippen LogP) is 3.24. The van der Waals surface area contributed by atoms with Gasteiger partial charge in [0.1, 0.15) is 0 Å². The highest BCUT2D eigenvalue weighted by Gasteiger charge is 2.31. The summed E-state index contributed by atoms with van der Waals surface area (Å²) in [5, 5.41) is 8.88. The topological polar surface area (TPSA) is 57.6 Å². The third kappa shape index (κ3) is 3.83. The zero-order valence-corrected chi connectivity index (χ0v) is 12.6. The van der Waals surface area contributed by atoms with E-state index in [2.05, 4.69) is 0 Å². The first-order valence-electron chi connectivity index (χ1n) is 6.89. The van der Waals surface area contributed by atoms with Crippen LogP contribution in [0.2, 0.25) is 0 Å². The average Bonchev–Trinajstić information content (AvgIpc) is 2.40. The van der Waals surface area contributed by atoms with Crippen LogP contribution in [0.5, 0.6) is 0 Å².